The predicted molar refractivity (Wildman–Crippen MR) is 78.7 cm³/mol. The van der Waals surface area contributed by atoms with Crippen molar-refractivity contribution in [3.63, 3.8) is 0 Å². The molecular formula is C15H21BrN2O. The quantitative estimate of drug-likeness (QED) is 0.928. The van der Waals surface area contributed by atoms with E-state index in [0.717, 1.165) is 24.0 Å². The number of hydrogen-bond donors (Lipinski definition) is 1. The van der Waals surface area contributed by atoms with Crippen molar-refractivity contribution in [3.05, 3.63) is 28.5 Å². The molecule has 1 N–H and O–H groups in total. The van der Waals surface area contributed by atoms with E-state index < -0.39 is 0 Å². The van der Waals surface area contributed by atoms with Crippen LogP contribution in [0.1, 0.15) is 37.7 Å². The largest absolute Gasteiger partial charge is 0.393 e. The van der Waals surface area contributed by atoms with E-state index in [1.807, 2.05) is 12.4 Å². The second-order valence-electron chi connectivity index (χ2n) is 5.85. The number of rotatable bonds is 3. The van der Waals surface area contributed by atoms with Crippen LogP contribution in [0.5, 0.6) is 0 Å². The topological polar surface area (TPSA) is 36.4 Å². The van der Waals surface area contributed by atoms with Crippen LogP contribution in [0.3, 0.4) is 0 Å². The fraction of sp³-hybridized carbons (Fsp3) is 0.667. The summed E-state index contributed by atoms with van der Waals surface area (Å²) in [7, 11) is 0. The third kappa shape index (κ3) is 3.01. The Morgan fingerprint density at radius 2 is 2.16 bits per heavy atom. The molecular weight excluding hydrogens is 304 g/mol. The van der Waals surface area contributed by atoms with Crippen molar-refractivity contribution in [2.75, 3.05) is 6.54 Å². The van der Waals surface area contributed by atoms with E-state index in [1.54, 1.807) is 0 Å². The van der Waals surface area contributed by atoms with E-state index in [1.165, 1.54) is 31.2 Å². The maximum atomic E-state index is 10.1. The number of aliphatic hydroxyl groups excluding tert-OH is 1. The fourth-order valence-corrected chi connectivity index (χ4v) is 4.14. The number of halogens is 1. The van der Waals surface area contributed by atoms with E-state index in [-0.39, 0.29) is 6.10 Å². The first-order valence-electron chi connectivity index (χ1n) is 7.25. The van der Waals surface area contributed by atoms with Crippen molar-refractivity contribution in [2.45, 2.75) is 50.8 Å². The van der Waals surface area contributed by atoms with Gasteiger partial charge in [-0.2, -0.15) is 0 Å². The van der Waals surface area contributed by atoms with Gasteiger partial charge in [0.1, 0.15) is 0 Å². The molecule has 1 aliphatic heterocycles. The van der Waals surface area contributed by atoms with Gasteiger partial charge >= 0.3 is 0 Å². The molecule has 0 bridgehead atoms. The van der Waals surface area contributed by atoms with Crippen molar-refractivity contribution in [1.82, 2.24) is 9.88 Å². The fourth-order valence-electron chi connectivity index (χ4n) is 3.73. The Bertz CT molecular complexity index is 440. The maximum absolute atomic E-state index is 10.1. The average molecular weight is 325 g/mol. The number of aromatic nitrogens is 1. The summed E-state index contributed by atoms with van der Waals surface area (Å²) in [5, 5.41) is 10.1. The van der Waals surface area contributed by atoms with Gasteiger partial charge in [0.05, 0.1) is 6.10 Å². The first-order valence-corrected chi connectivity index (χ1v) is 8.05. The van der Waals surface area contributed by atoms with Gasteiger partial charge in [0, 0.05) is 35.4 Å². The molecule has 0 spiro atoms. The van der Waals surface area contributed by atoms with Crippen LogP contribution in [-0.4, -0.2) is 33.7 Å². The Balaban J connectivity index is 1.69. The van der Waals surface area contributed by atoms with Crippen molar-refractivity contribution in [2.24, 2.45) is 5.92 Å². The third-order valence-corrected chi connectivity index (χ3v) is 5.02. The summed E-state index contributed by atoms with van der Waals surface area (Å²) in [5.41, 5.74) is 1.26. The normalized spacial score (nSPS) is 32.0. The summed E-state index contributed by atoms with van der Waals surface area (Å²) >= 11 is 3.48. The zero-order chi connectivity index (χ0) is 13.2. The van der Waals surface area contributed by atoms with Gasteiger partial charge in [-0.25, -0.2) is 0 Å². The zero-order valence-electron chi connectivity index (χ0n) is 11.1. The molecule has 2 aliphatic rings. The van der Waals surface area contributed by atoms with E-state index in [0.29, 0.717) is 12.0 Å². The minimum Gasteiger partial charge on any atom is -0.393 e. The highest BCUT2D eigenvalue weighted by atomic mass is 79.9. The van der Waals surface area contributed by atoms with Crippen LogP contribution in [-0.2, 0) is 6.54 Å². The van der Waals surface area contributed by atoms with Crippen LogP contribution < -0.4 is 0 Å². The molecule has 3 nitrogen and oxygen atoms in total. The van der Waals surface area contributed by atoms with Crippen LogP contribution in [0.25, 0.3) is 0 Å². The molecule has 1 aromatic rings. The lowest BCUT2D eigenvalue weighted by Crippen LogP contribution is -2.38. The maximum Gasteiger partial charge on any atom is 0.0583 e. The van der Waals surface area contributed by atoms with Crippen LogP contribution in [0, 0.1) is 5.92 Å². The summed E-state index contributed by atoms with van der Waals surface area (Å²) in [6.45, 7) is 2.11. The molecule has 1 saturated heterocycles. The summed E-state index contributed by atoms with van der Waals surface area (Å²) in [4.78, 5) is 6.79. The Labute approximate surface area is 123 Å². The first kappa shape index (κ1) is 13.5. The van der Waals surface area contributed by atoms with Gasteiger partial charge in [-0.15, -0.1) is 0 Å². The lowest BCUT2D eigenvalue weighted by Gasteiger charge is -2.31. The minimum absolute atomic E-state index is 0.0776. The minimum atomic E-state index is -0.0776. The first-order chi connectivity index (χ1) is 9.24. The average Bonchev–Trinajstić information content (AvgIpc) is 2.98. The molecule has 104 valence electrons. The van der Waals surface area contributed by atoms with E-state index in [9.17, 15) is 5.11 Å². The van der Waals surface area contributed by atoms with Gasteiger partial charge in [0.15, 0.2) is 0 Å². The molecule has 0 radical (unpaired) electrons. The highest BCUT2D eigenvalue weighted by molar-refractivity contribution is 9.10. The molecule has 1 saturated carbocycles. The Morgan fingerprint density at radius 3 is 2.89 bits per heavy atom. The number of hydrogen-bond acceptors (Lipinski definition) is 3. The Morgan fingerprint density at radius 1 is 1.26 bits per heavy atom. The van der Waals surface area contributed by atoms with Crippen LogP contribution in [0.2, 0.25) is 0 Å². The van der Waals surface area contributed by atoms with Crippen LogP contribution >= 0.6 is 15.9 Å². The van der Waals surface area contributed by atoms with Gasteiger partial charge in [-0.05, 0) is 59.8 Å². The molecule has 3 rings (SSSR count). The summed E-state index contributed by atoms with van der Waals surface area (Å²) in [5.74, 6) is 0.489. The van der Waals surface area contributed by atoms with Crippen LogP contribution in [0.4, 0.5) is 0 Å². The van der Waals surface area contributed by atoms with Crippen molar-refractivity contribution in [1.29, 1.82) is 0 Å². The number of aliphatic hydroxyl groups is 1. The standard InChI is InChI=1S/C15H21BrN2O/c16-12-7-11(8-17-9-12)10-18-6-2-4-14(18)13-3-1-5-15(13)19/h7-9,13-15,19H,1-6,10H2. The predicted octanol–water partition coefficient (Wildman–Crippen LogP) is 2.97. The van der Waals surface area contributed by atoms with Crippen molar-refractivity contribution < 1.29 is 5.11 Å². The second kappa shape index (κ2) is 5.90. The number of pyridine rings is 1. The van der Waals surface area contributed by atoms with Gasteiger partial charge in [0.25, 0.3) is 0 Å². The lowest BCUT2D eigenvalue weighted by atomic mass is 9.94. The molecule has 3 unspecified atom stereocenters. The summed E-state index contributed by atoms with van der Waals surface area (Å²) in [6.07, 6.45) is 9.57. The molecule has 1 aliphatic carbocycles. The smallest absolute Gasteiger partial charge is 0.0583 e. The number of likely N-dealkylation sites (tertiary alicyclic amines) is 1. The lowest BCUT2D eigenvalue weighted by molar-refractivity contribution is 0.0718. The summed E-state index contributed by atoms with van der Waals surface area (Å²) in [6, 6.07) is 2.71. The molecule has 19 heavy (non-hydrogen) atoms. The molecule has 3 atom stereocenters. The highest BCUT2D eigenvalue weighted by Crippen LogP contribution is 2.36. The highest BCUT2D eigenvalue weighted by Gasteiger charge is 2.37. The zero-order valence-corrected chi connectivity index (χ0v) is 12.7. The molecule has 0 amide bonds. The number of nitrogens with zero attached hydrogens (tertiary/aromatic N) is 2. The molecule has 2 fully saturated rings. The van der Waals surface area contributed by atoms with Crippen molar-refractivity contribution in [3.8, 4) is 0 Å². The Kier molecular flexibility index (Phi) is 4.20. The van der Waals surface area contributed by atoms with Gasteiger partial charge < -0.3 is 5.11 Å². The molecule has 2 heterocycles. The Hall–Kier alpha value is -0.450. The van der Waals surface area contributed by atoms with Gasteiger partial charge in [-0.3, -0.25) is 9.88 Å². The molecule has 4 heteroatoms. The van der Waals surface area contributed by atoms with E-state index in [2.05, 4.69) is 31.9 Å². The van der Waals surface area contributed by atoms with Gasteiger partial charge in [-0.1, -0.05) is 6.42 Å². The second-order valence-corrected chi connectivity index (χ2v) is 6.77. The van der Waals surface area contributed by atoms with Crippen LogP contribution in [0.15, 0.2) is 22.9 Å². The monoisotopic (exact) mass is 324 g/mol. The SMILES string of the molecule is OC1CCCC1C1CCCN1Cc1cncc(Br)c1. The van der Waals surface area contributed by atoms with Crippen molar-refractivity contribution >= 4 is 15.9 Å². The third-order valence-electron chi connectivity index (χ3n) is 4.59. The molecule has 1 aromatic heterocycles. The van der Waals surface area contributed by atoms with Gasteiger partial charge in [0.2, 0.25) is 0 Å². The summed E-state index contributed by atoms with van der Waals surface area (Å²) < 4.78 is 1.04. The molecule has 0 aromatic carbocycles. The van der Waals surface area contributed by atoms with E-state index in [4.69, 9.17) is 0 Å². The van der Waals surface area contributed by atoms with E-state index >= 15 is 0 Å².